The van der Waals surface area contributed by atoms with Gasteiger partial charge < -0.3 is 14.4 Å². The fraction of sp³-hybridized carbons (Fsp3) is 0.571. The lowest BCUT2D eigenvalue weighted by Gasteiger charge is -2.35. The van der Waals surface area contributed by atoms with Crippen molar-refractivity contribution < 1.29 is 23.9 Å². The fourth-order valence-corrected chi connectivity index (χ4v) is 4.03. The van der Waals surface area contributed by atoms with Crippen LogP contribution in [0.1, 0.15) is 41.5 Å². The third-order valence-electron chi connectivity index (χ3n) is 4.40. The molecule has 1 aliphatic rings. The molecule has 1 aromatic carbocycles. The summed E-state index contributed by atoms with van der Waals surface area (Å²) >= 11 is 1.46. The number of esters is 1. The lowest BCUT2D eigenvalue weighted by molar-refractivity contribution is -0.163. The van der Waals surface area contributed by atoms with Gasteiger partial charge in [-0.15, -0.1) is 11.8 Å². The molecular weight excluding hydrogens is 378 g/mol. The molecule has 7 heteroatoms. The Balaban J connectivity index is 2.04. The average Bonchev–Trinajstić information content (AvgIpc) is 2.94. The fourth-order valence-electron chi connectivity index (χ4n) is 2.83. The van der Waals surface area contributed by atoms with Crippen molar-refractivity contribution in [1.29, 1.82) is 0 Å². The van der Waals surface area contributed by atoms with Crippen LogP contribution in [0.4, 0.5) is 0 Å². The predicted octanol–water partition coefficient (Wildman–Crippen LogP) is 3.29. The van der Waals surface area contributed by atoms with Gasteiger partial charge in [-0.3, -0.25) is 9.59 Å². The number of rotatable bonds is 6. The zero-order valence-electron chi connectivity index (χ0n) is 17.4. The Kier molecular flexibility index (Phi) is 6.80. The Morgan fingerprint density at radius 1 is 1.21 bits per heavy atom. The highest BCUT2D eigenvalue weighted by atomic mass is 32.2. The second-order valence-corrected chi connectivity index (χ2v) is 10.0. The highest BCUT2D eigenvalue weighted by molar-refractivity contribution is 8.00. The number of carbonyl (C=O) groups excluding carboxylic acids is 3. The Hall–Kier alpha value is -2.02. The maximum absolute atomic E-state index is 12.8. The number of benzene rings is 1. The van der Waals surface area contributed by atoms with E-state index in [9.17, 15) is 14.4 Å². The minimum absolute atomic E-state index is 0.202. The molecule has 28 heavy (non-hydrogen) atoms. The lowest BCUT2D eigenvalue weighted by Crippen LogP contribution is -2.54. The molecule has 0 aliphatic carbocycles. The summed E-state index contributed by atoms with van der Waals surface area (Å²) in [5.41, 5.74) is -0.814. The molecule has 1 fully saturated rings. The van der Waals surface area contributed by atoms with Crippen molar-refractivity contribution in [1.82, 2.24) is 4.90 Å². The topological polar surface area (TPSA) is 72.9 Å². The Labute approximate surface area is 170 Å². The number of amides is 1. The van der Waals surface area contributed by atoms with Crippen LogP contribution in [-0.4, -0.2) is 51.9 Å². The molecule has 1 unspecified atom stereocenters. The normalized spacial score (nSPS) is 19.8. The van der Waals surface area contributed by atoms with Crippen molar-refractivity contribution >= 4 is 29.4 Å². The SMILES string of the molecule is CC(COc1ccccc1)OC(=O)[C@@H]1CSC(C)(C)N1C(=O)C(=O)C(C)(C)C. The van der Waals surface area contributed by atoms with Gasteiger partial charge in [0.15, 0.2) is 0 Å². The van der Waals surface area contributed by atoms with Gasteiger partial charge in [-0.1, -0.05) is 39.0 Å². The number of ether oxygens (including phenoxy) is 2. The van der Waals surface area contributed by atoms with Crippen LogP contribution in [0.25, 0.3) is 0 Å². The number of hydrogen-bond donors (Lipinski definition) is 0. The van der Waals surface area contributed by atoms with Gasteiger partial charge >= 0.3 is 5.97 Å². The molecule has 1 amide bonds. The quantitative estimate of drug-likeness (QED) is 0.532. The molecule has 0 spiro atoms. The second-order valence-electron chi connectivity index (χ2n) is 8.40. The number of hydrogen-bond acceptors (Lipinski definition) is 6. The molecule has 154 valence electrons. The number of thioether (sulfide) groups is 1. The highest BCUT2D eigenvalue weighted by Gasteiger charge is 2.50. The van der Waals surface area contributed by atoms with Crippen molar-refractivity contribution in [3.05, 3.63) is 30.3 Å². The Bertz CT molecular complexity index is 726. The van der Waals surface area contributed by atoms with Gasteiger partial charge in [0, 0.05) is 11.2 Å². The summed E-state index contributed by atoms with van der Waals surface area (Å²) in [7, 11) is 0. The van der Waals surface area contributed by atoms with E-state index in [0.29, 0.717) is 11.5 Å². The first-order valence-electron chi connectivity index (χ1n) is 9.34. The van der Waals surface area contributed by atoms with Gasteiger partial charge in [-0.2, -0.15) is 0 Å². The Morgan fingerprint density at radius 3 is 2.39 bits per heavy atom. The monoisotopic (exact) mass is 407 g/mol. The molecule has 1 saturated heterocycles. The molecule has 0 aromatic heterocycles. The maximum atomic E-state index is 12.8. The van der Waals surface area contributed by atoms with Gasteiger partial charge in [-0.25, -0.2) is 4.79 Å². The van der Waals surface area contributed by atoms with E-state index >= 15 is 0 Å². The van der Waals surface area contributed by atoms with Crippen LogP contribution in [0, 0.1) is 5.41 Å². The summed E-state index contributed by atoms with van der Waals surface area (Å²) in [5.74, 6) is -0.590. The van der Waals surface area contributed by atoms with Crippen LogP contribution >= 0.6 is 11.8 Å². The number of Topliss-reactive ketones (excluding diaryl/α,β-unsaturated/α-hetero) is 1. The molecule has 0 N–H and O–H groups in total. The maximum Gasteiger partial charge on any atom is 0.330 e. The van der Waals surface area contributed by atoms with E-state index in [1.165, 1.54) is 16.7 Å². The van der Waals surface area contributed by atoms with Gasteiger partial charge in [0.25, 0.3) is 5.91 Å². The molecule has 1 aromatic rings. The van der Waals surface area contributed by atoms with E-state index in [-0.39, 0.29) is 6.61 Å². The van der Waals surface area contributed by atoms with Gasteiger partial charge in [-0.05, 0) is 32.9 Å². The van der Waals surface area contributed by atoms with E-state index in [0.717, 1.165) is 0 Å². The van der Waals surface area contributed by atoms with E-state index in [4.69, 9.17) is 9.47 Å². The zero-order chi connectivity index (χ0) is 21.1. The van der Waals surface area contributed by atoms with Crippen LogP contribution in [0.2, 0.25) is 0 Å². The summed E-state index contributed by atoms with van der Waals surface area (Å²) < 4.78 is 11.1. The molecule has 1 heterocycles. The van der Waals surface area contributed by atoms with Crippen molar-refractivity contribution in [2.24, 2.45) is 5.41 Å². The van der Waals surface area contributed by atoms with E-state index in [2.05, 4.69) is 0 Å². The predicted molar refractivity (Wildman–Crippen MR) is 109 cm³/mol. The number of nitrogens with zero attached hydrogens (tertiary/aromatic N) is 1. The largest absolute Gasteiger partial charge is 0.490 e. The van der Waals surface area contributed by atoms with E-state index in [1.807, 2.05) is 44.2 Å². The van der Waals surface area contributed by atoms with Crippen molar-refractivity contribution in [2.45, 2.75) is 58.6 Å². The van der Waals surface area contributed by atoms with Gasteiger partial charge in [0.2, 0.25) is 5.78 Å². The van der Waals surface area contributed by atoms with Crippen LogP contribution in [-0.2, 0) is 19.1 Å². The smallest absolute Gasteiger partial charge is 0.330 e. The lowest BCUT2D eigenvalue weighted by atomic mass is 9.89. The van der Waals surface area contributed by atoms with Crippen LogP contribution < -0.4 is 4.74 Å². The van der Waals surface area contributed by atoms with E-state index < -0.39 is 40.1 Å². The summed E-state index contributed by atoms with van der Waals surface area (Å²) in [4.78, 5) is 38.8. The summed E-state index contributed by atoms with van der Waals surface area (Å²) in [6.07, 6.45) is -0.489. The third-order valence-corrected chi connectivity index (χ3v) is 5.78. The van der Waals surface area contributed by atoms with Crippen molar-refractivity contribution in [2.75, 3.05) is 12.4 Å². The first-order chi connectivity index (χ1) is 12.9. The number of ketones is 1. The molecule has 0 bridgehead atoms. The highest BCUT2D eigenvalue weighted by Crippen LogP contribution is 2.40. The minimum Gasteiger partial charge on any atom is -0.490 e. The summed E-state index contributed by atoms with van der Waals surface area (Å²) in [5, 5.41) is 0. The molecule has 0 saturated carbocycles. The summed E-state index contributed by atoms with van der Waals surface area (Å²) in [6.45, 7) is 10.7. The number of para-hydroxylation sites is 1. The van der Waals surface area contributed by atoms with Crippen LogP contribution in [0.5, 0.6) is 5.75 Å². The second kappa shape index (κ2) is 8.55. The van der Waals surface area contributed by atoms with Crippen molar-refractivity contribution in [3.63, 3.8) is 0 Å². The zero-order valence-corrected chi connectivity index (χ0v) is 18.2. The summed E-state index contributed by atoms with van der Waals surface area (Å²) in [6, 6.07) is 8.46. The van der Waals surface area contributed by atoms with Crippen LogP contribution in [0.3, 0.4) is 0 Å². The molecule has 1 aliphatic heterocycles. The molecule has 0 radical (unpaired) electrons. The molecule has 2 rings (SSSR count). The molecule has 6 nitrogen and oxygen atoms in total. The third kappa shape index (κ3) is 5.28. The first kappa shape index (κ1) is 22.3. The van der Waals surface area contributed by atoms with E-state index in [1.54, 1.807) is 27.7 Å². The standard InChI is InChI=1S/C21H29NO5S/c1-14(12-26-15-10-8-7-9-11-15)27-19(25)16-13-28-21(5,6)22(16)18(24)17(23)20(2,3)4/h7-11,14,16H,12-13H2,1-6H3/t14?,16-/m0/s1. The van der Waals surface area contributed by atoms with Crippen molar-refractivity contribution in [3.8, 4) is 5.75 Å². The van der Waals surface area contributed by atoms with Gasteiger partial charge in [0.05, 0.1) is 4.87 Å². The average molecular weight is 408 g/mol. The first-order valence-corrected chi connectivity index (χ1v) is 10.3. The van der Waals surface area contributed by atoms with Gasteiger partial charge in [0.1, 0.15) is 24.5 Å². The van der Waals surface area contributed by atoms with Crippen LogP contribution in [0.15, 0.2) is 30.3 Å². The minimum atomic E-state index is -0.814. The molecule has 2 atom stereocenters. The molecular formula is C21H29NO5S. The number of carbonyl (C=O) groups is 3. The Morgan fingerprint density at radius 2 is 1.82 bits per heavy atom.